The van der Waals surface area contributed by atoms with Crippen molar-refractivity contribution in [2.24, 2.45) is 0 Å². The topological polar surface area (TPSA) is 84.9 Å². The average Bonchev–Trinajstić information content (AvgIpc) is 3.17. The quantitative estimate of drug-likeness (QED) is 0.714. The van der Waals surface area contributed by atoms with Gasteiger partial charge in [0.2, 0.25) is 6.79 Å². The van der Waals surface area contributed by atoms with Crippen LogP contribution in [0.4, 0.5) is 0 Å². The molecule has 24 heavy (non-hydrogen) atoms. The van der Waals surface area contributed by atoms with E-state index in [0.29, 0.717) is 28.2 Å². The molecule has 4 rings (SSSR count). The standard InChI is InChI=1S/C16H16N4O3S/c1-8(2)13-17-12-14(18-13)20(16(24)19-15(12)21)6-9-3-4-10-11(5-9)23-7-22-10/h3-5,8H,6-7H2,1-2H3,(H,17,18)(H,19,21,24). The van der Waals surface area contributed by atoms with Crippen molar-refractivity contribution in [3.05, 3.63) is 44.7 Å². The van der Waals surface area contributed by atoms with Crippen LogP contribution in [-0.2, 0) is 6.54 Å². The van der Waals surface area contributed by atoms with Gasteiger partial charge in [-0.25, -0.2) is 4.98 Å². The van der Waals surface area contributed by atoms with Crippen LogP contribution in [0, 0.1) is 4.77 Å². The summed E-state index contributed by atoms with van der Waals surface area (Å²) in [5.41, 5.74) is 1.73. The molecule has 0 spiro atoms. The number of H-pyrrole nitrogens is 2. The molecule has 0 aliphatic carbocycles. The molecule has 0 saturated carbocycles. The first-order valence-electron chi connectivity index (χ1n) is 7.64. The van der Waals surface area contributed by atoms with Gasteiger partial charge in [0.05, 0.1) is 6.54 Å². The molecule has 0 amide bonds. The summed E-state index contributed by atoms with van der Waals surface area (Å²) < 4.78 is 12.9. The van der Waals surface area contributed by atoms with E-state index in [-0.39, 0.29) is 18.3 Å². The van der Waals surface area contributed by atoms with E-state index in [0.717, 1.165) is 17.1 Å². The van der Waals surface area contributed by atoms with Gasteiger partial charge in [-0.15, -0.1) is 0 Å². The Hall–Kier alpha value is -2.61. The zero-order valence-corrected chi connectivity index (χ0v) is 14.1. The number of nitrogens with one attached hydrogen (secondary N) is 2. The van der Waals surface area contributed by atoms with Crippen molar-refractivity contribution in [1.82, 2.24) is 19.5 Å². The van der Waals surface area contributed by atoms with Crippen molar-refractivity contribution in [2.75, 3.05) is 6.79 Å². The Morgan fingerprint density at radius 1 is 1.29 bits per heavy atom. The second kappa shape index (κ2) is 5.48. The normalized spacial score (nSPS) is 13.1. The number of hydrogen-bond donors (Lipinski definition) is 2. The zero-order valence-electron chi connectivity index (χ0n) is 13.3. The summed E-state index contributed by atoms with van der Waals surface area (Å²) in [6.07, 6.45) is 0. The lowest BCUT2D eigenvalue weighted by Crippen LogP contribution is -2.15. The van der Waals surface area contributed by atoms with Gasteiger partial charge in [-0.05, 0) is 29.9 Å². The smallest absolute Gasteiger partial charge is 0.277 e. The molecule has 0 saturated heterocycles. The fraction of sp³-hybridized carbons (Fsp3) is 0.312. The van der Waals surface area contributed by atoms with Gasteiger partial charge in [-0.1, -0.05) is 19.9 Å². The van der Waals surface area contributed by atoms with Gasteiger partial charge in [-0.3, -0.25) is 14.3 Å². The van der Waals surface area contributed by atoms with E-state index in [2.05, 4.69) is 15.0 Å². The van der Waals surface area contributed by atoms with Gasteiger partial charge in [0.25, 0.3) is 5.56 Å². The number of hydrogen-bond acceptors (Lipinski definition) is 5. The van der Waals surface area contributed by atoms with Crippen LogP contribution in [0.1, 0.15) is 31.2 Å². The van der Waals surface area contributed by atoms with Crippen LogP contribution in [0.2, 0.25) is 0 Å². The molecule has 1 aromatic carbocycles. The van der Waals surface area contributed by atoms with E-state index in [1.807, 2.05) is 36.6 Å². The van der Waals surface area contributed by atoms with E-state index in [1.54, 1.807) is 0 Å². The summed E-state index contributed by atoms with van der Waals surface area (Å²) in [7, 11) is 0. The lowest BCUT2D eigenvalue weighted by Gasteiger charge is -2.08. The van der Waals surface area contributed by atoms with Gasteiger partial charge in [0, 0.05) is 5.92 Å². The highest BCUT2D eigenvalue weighted by Crippen LogP contribution is 2.32. The molecule has 0 atom stereocenters. The van der Waals surface area contributed by atoms with Crippen LogP contribution >= 0.6 is 12.2 Å². The average molecular weight is 344 g/mol. The number of ether oxygens (including phenoxy) is 2. The number of imidazole rings is 1. The Labute approximate surface area is 142 Å². The van der Waals surface area contributed by atoms with Gasteiger partial charge in [0.1, 0.15) is 11.3 Å². The van der Waals surface area contributed by atoms with Crippen LogP contribution in [0.5, 0.6) is 11.5 Å². The van der Waals surface area contributed by atoms with Gasteiger partial charge in [0.15, 0.2) is 21.9 Å². The third kappa shape index (κ3) is 2.39. The third-order valence-electron chi connectivity index (χ3n) is 3.98. The molecule has 3 heterocycles. The largest absolute Gasteiger partial charge is 0.454 e. The summed E-state index contributed by atoms with van der Waals surface area (Å²) in [6, 6.07) is 5.73. The van der Waals surface area contributed by atoms with E-state index < -0.39 is 0 Å². The third-order valence-corrected chi connectivity index (χ3v) is 4.30. The minimum absolute atomic E-state index is 0.185. The van der Waals surface area contributed by atoms with Crippen molar-refractivity contribution < 1.29 is 9.47 Å². The maximum atomic E-state index is 12.2. The molecular formula is C16H16N4O3S. The second-order valence-corrected chi connectivity index (χ2v) is 6.40. The number of aromatic nitrogens is 4. The SMILES string of the molecule is CC(C)c1nc2c([nH]1)c(=O)[nH]c(=S)n2Cc1ccc2c(c1)OCO2. The van der Waals surface area contributed by atoms with Crippen molar-refractivity contribution in [1.29, 1.82) is 0 Å². The summed E-state index contributed by atoms with van der Waals surface area (Å²) >= 11 is 5.34. The number of aromatic amines is 2. The number of rotatable bonds is 3. The summed E-state index contributed by atoms with van der Waals surface area (Å²) in [4.78, 5) is 22.5. The fourth-order valence-electron chi connectivity index (χ4n) is 2.70. The van der Waals surface area contributed by atoms with E-state index in [1.165, 1.54) is 0 Å². The summed E-state index contributed by atoms with van der Waals surface area (Å²) in [5.74, 6) is 2.39. The van der Waals surface area contributed by atoms with Crippen molar-refractivity contribution >= 4 is 23.4 Å². The van der Waals surface area contributed by atoms with Gasteiger partial charge < -0.3 is 14.5 Å². The van der Waals surface area contributed by atoms with Crippen molar-refractivity contribution in [3.63, 3.8) is 0 Å². The molecule has 124 valence electrons. The minimum Gasteiger partial charge on any atom is -0.454 e. The zero-order chi connectivity index (χ0) is 16.8. The van der Waals surface area contributed by atoms with Crippen LogP contribution in [-0.4, -0.2) is 26.3 Å². The number of benzene rings is 1. The Bertz CT molecular complexity index is 1050. The first kappa shape index (κ1) is 14.9. The first-order valence-corrected chi connectivity index (χ1v) is 8.05. The van der Waals surface area contributed by atoms with Gasteiger partial charge >= 0.3 is 0 Å². The van der Waals surface area contributed by atoms with E-state index >= 15 is 0 Å². The molecule has 1 aliphatic rings. The molecule has 3 aromatic rings. The van der Waals surface area contributed by atoms with Gasteiger partial charge in [-0.2, -0.15) is 0 Å². The fourth-order valence-corrected chi connectivity index (χ4v) is 2.94. The predicted octanol–water partition coefficient (Wildman–Crippen LogP) is 2.68. The Morgan fingerprint density at radius 3 is 2.88 bits per heavy atom. The highest BCUT2D eigenvalue weighted by Gasteiger charge is 2.16. The Kier molecular flexibility index (Phi) is 3.42. The van der Waals surface area contributed by atoms with E-state index in [9.17, 15) is 4.79 Å². The molecule has 7 nitrogen and oxygen atoms in total. The maximum Gasteiger partial charge on any atom is 0.277 e. The highest BCUT2D eigenvalue weighted by atomic mass is 32.1. The molecule has 0 bridgehead atoms. The van der Waals surface area contributed by atoms with Crippen LogP contribution < -0.4 is 15.0 Å². The molecule has 1 aliphatic heterocycles. The Morgan fingerprint density at radius 2 is 2.08 bits per heavy atom. The molecule has 2 aromatic heterocycles. The number of nitrogens with zero attached hydrogens (tertiary/aromatic N) is 2. The van der Waals surface area contributed by atoms with Crippen molar-refractivity contribution in [3.8, 4) is 11.5 Å². The number of fused-ring (bicyclic) bond motifs is 2. The highest BCUT2D eigenvalue weighted by molar-refractivity contribution is 7.71. The minimum atomic E-state index is -0.253. The lowest BCUT2D eigenvalue weighted by molar-refractivity contribution is 0.174. The van der Waals surface area contributed by atoms with Crippen LogP contribution in [0.25, 0.3) is 11.2 Å². The first-order chi connectivity index (χ1) is 11.5. The molecule has 8 heteroatoms. The van der Waals surface area contributed by atoms with Crippen LogP contribution in [0.15, 0.2) is 23.0 Å². The molecular weight excluding hydrogens is 328 g/mol. The second-order valence-electron chi connectivity index (χ2n) is 6.01. The predicted molar refractivity (Wildman–Crippen MR) is 91.3 cm³/mol. The van der Waals surface area contributed by atoms with Crippen molar-refractivity contribution in [2.45, 2.75) is 26.3 Å². The molecule has 0 radical (unpaired) electrons. The summed E-state index contributed by atoms with van der Waals surface area (Å²) in [5, 5.41) is 0. The van der Waals surface area contributed by atoms with E-state index in [4.69, 9.17) is 21.7 Å². The monoisotopic (exact) mass is 344 g/mol. The molecule has 0 unspecified atom stereocenters. The molecule has 2 N–H and O–H groups in total. The summed E-state index contributed by atoms with van der Waals surface area (Å²) in [6.45, 7) is 4.74. The Balaban J connectivity index is 1.84. The molecule has 0 fully saturated rings. The maximum absolute atomic E-state index is 12.2. The lowest BCUT2D eigenvalue weighted by atomic mass is 10.2. The van der Waals surface area contributed by atoms with Crippen LogP contribution in [0.3, 0.4) is 0 Å².